The number of ether oxygens (including phenoxy) is 1. The highest BCUT2D eigenvalue weighted by Gasteiger charge is 2.05. The van der Waals surface area contributed by atoms with E-state index in [4.69, 9.17) is 4.74 Å². The zero-order valence-electron chi connectivity index (χ0n) is 9.64. The van der Waals surface area contributed by atoms with Gasteiger partial charge in [-0.3, -0.25) is 4.79 Å². The van der Waals surface area contributed by atoms with Crippen molar-refractivity contribution in [3.63, 3.8) is 0 Å². The van der Waals surface area contributed by atoms with E-state index in [1.165, 1.54) is 19.3 Å². The predicted octanol–water partition coefficient (Wildman–Crippen LogP) is 2.11. The van der Waals surface area contributed by atoms with Crippen molar-refractivity contribution >= 4 is 5.91 Å². The molecule has 0 heterocycles. The average molecular weight is 201 g/mol. The van der Waals surface area contributed by atoms with E-state index in [1.807, 2.05) is 0 Å². The van der Waals surface area contributed by atoms with Crippen molar-refractivity contribution in [2.24, 2.45) is 0 Å². The van der Waals surface area contributed by atoms with Crippen molar-refractivity contribution in [1.29, 1.82) is 0 Å². The fraction of sp³-hybridized carbons (Fsp3) is 0.909. The van der Waals surface area contributed by atoms with Crippen LogP contribution in [0.4, 0.5) is 0 Å². The molecule has 0 radical (unpaired) electrons. The lowest BCUT2D eigenvalue weighted by molar-refractivity contribution is -0.122. The Balaban J connectivity index is 3.40. The van der Waals surface area contributed by atoms with Gasteiger partial charge in [-0.2, -0.15) is 0 Å². The van der Waals surface area contributed by atoms with Gasteiger partial charge in [0, 0.05) is 19.6 Å². The predicted molar refractivity (Wildman–Crippen MR) is 58.2 cm³/mol. The summed E-state index contributed by atoms with van der Waals surface area (Å²) in [6.07, 6.45) is 5.21. The monoisotopic (exact) mass is 201 g/mol. The Bertz CT molecular complexity index is 148. The van der Waals surface area contributed by atoms with Crippen LogP contribution in [-0.4, -0.2) is 25.7 Å². The number of amides is 1. The van der Waals surface area contributed by atoms with E-state index in [9.17, 15) is 4.79 Å². The average Bonchev–Trinajstić information content (AvgIpc) is 2.15. The number of hydrogen-bond donors (Lipinski definition) is 1. The van der Waals surface area contributed by atoms with Gasteiger partial charge in [0.25, 0.3) is 0 Å². The van der Waals surface area contributed by atoms with Crippen molar-refractivity contribution in [3.05, 3.63) is 0 Å². The topological polar surface area (TPSA) is 38.3 Å². The molecule has 0 spiro atoms. The fourth-order valence-corrected chi connectivity index (χ4v) is 1.31. The first-order chi connectivity index (χ1) is 6.70. The molecule has 0 aliphatic heterocycles. The largest absolute Gasteiger partial charge is 0.384 e. The van der Waals surface area contributed by atoms with E-state index < -0.39 is 0 Å². The Hall–Kier alpha value is -0.570. The van der Waals surface area contributed by atoms with Crippen molar-refractivity contribution in [2.45, 2.75) is 52.0 Å². The number of carbonyl (C=O) groups excluding carboxylic acids is 1. The lowest BCUT2D eigenvalue weighted by Gasteiger charge is -2.13. The summed E-state index contributed by atoms with van der Waals surface area (Å²) in [6, 6.07) is 0.297. The lowest BCUT2D eigenvalue weighted by atomic mass is 10.1. The molecule has 1 N–H and O–H groups in total. The third kappa shape index (κ3) is 8.05. The smallest absolute Gasteiger partial charge is 0.222 e. The second kappa shape index (κ2) is 9.00. The number of unbranched alkanes of at least 4 members (excludes halogenated alkanes) is 2. The summed E-state index contributed by atoms with van der Waals surface area (Å²) < 4.78 is 4.83. The highest BCUT2D eigenvalue weighted by Crippen LogP contribution is 2.02. The molecule has 0 bridgehead atoms. The van der Waals surface area contributed by atoms with Gasteiger partial charge in [-0.15, -0.1) is 0 Å². The zero-order valence-corrected chi connectivity index (χ0v) is 9.64. The summed E-state index contributed by atoms with van der Waals surface area (Å²) in [5.41, 5.74) is 0. The fourth-order valence-electron chi connectivity index (χ4n) is 1.31. The molecule has 0 aromatic rings. The molecule has 14 heavy (non-hydrogen) atoms. The molecule has 0 saturated carbocycles. The van der Waals surface area contributed by atoms with Crippen LogP contribution in [-0.2, 0) is 9.53 Å². The number of nitrogens with one attached hydrogen (secondary N) is 1. The van der Waals surface area contributed by atoms with Gasteiger partial charge < -0.3 is 10.1 Å². The van der Waals surface area contributed by atoms with Crippen LogP contribution in [0.1, 0.15) is 46.0 Å². The SMILES string of the molecule is CCCCC[C@@H](C)NC(=O)CCOC. The second-order valence-corrected chi connectivity index (χ2v) is 3.71. The molecule has 0 saturated heterocycles. The van der Waals surface area contributed by atoms with Crippen LogP contribution in [0.15, 0.2) is 0 Å². The molecule has 0 aliphatic rings. The van der Waals surface area contributed by atoms with Crippen molar-refractivity contribution in [1.82, 2.24) is 5.32 Å². The highest BCUT2D eigenvalue weighted by molar-refractivity contribution is 5.76. The number of hydrogen-bond acceptors (Lipinski definition) is 2. The Labute approximate surface area is 87.2 Å². The van der Waals surface area contributed by atoms with Gasteiger partial charge >= 0.3 is 0 Å². The molecule has 0 aliphatic carbocycles. The summed E-state index contributed by atoms with van der Waals surface area (Å²) >= 11 is 0. The summed E-state index contributed by atoms with van der Waals surface area (Å²) in [7, 11) is 1.61. The van der Waals surface area contributed by atoms with Crippen LogP contribution in [0, 0.1) is 0 Å². The first kappa shape index (κ1) is 13.4. The molecule has 0 rings (SSSR count). The maximum Gasteiger partial charge on any atom is 0.222 e. The van der Waals surface area contributed by atoms with E-state index in [-0.39, 0.29) is 5.91 Å². The lowest BCUT2D eigenvalue weighted by Crippen LogP contribution is -2.32. The van der Waals surface area contributed by atoms with Gasteiger partial charge in [0.05, 0.1) is 6.61 Å². The summed E-state index contributed by atoms with van der Waals surface area (Å²) in [6.45, 7) is 4.75. The number of methoxy groups -OCH3 is 1. The van der Waals surface area contributed by atoms with Gasteiger partial charge in [0.15, 0.2) is 0 Å². The van der Waals surface area contributed by atoms with E-state index in [0.717, 1.165) is 6.42 Å². The summed E-state index contributed by atoms with van der Waals surface area (Å²) in [5, 5.41) is 2.95. The minimum atomic E-state index is 0.0934. The molecule has 3 nitrogen and oxygen atoms in total. The minimum Gasteiger partial charge on any atom is -0.384 e. The number of rotatable bonds is 8. The quantitative estimate of drug-likeness (QED) is 0.611. The van der Waals surface area contributed by atoms with Crippen LogP contribution < -0.4 is 5.32 Å². The van der Waals surface area contributed by atoms with Crippen LogP contribution in [0.25, 0.3) is 0 Å². The first-order valence-corrected chi connectivity index (χ1v) is 5.49. The van der Waals surface area contributed by atoms with E-state index in [2.05, 4.69) is 19.2 Å². The molecule has 1 amide bonds. The van der Waals surface area contributed by atoms with Gasteiger partial charge in [-0.1, -0.05) is 26.2 Å². The van der Waals surface area contributed by atoms with Crippen LogP contribution in [0.3, 0.4) is 0 Å². The van der Waals surface area contributed by atoms with Crippen LogP contribution in [0.5, 0.6) is 0 Å². The normalized spacial score (nSPS) is 12.5. The molecule has 0 aromatic heterocycles. The minimum absolute atomic E-state index is 0.0934. The van der Waals surface area contributed by atoms with E-state index in [1.54, 1.807) is 7.11 Å². The molecule has 0 unspecified atom stereocenters. The highest BCUT2D eigenvalue weighted by atomic mass is 16.5. The maximum atomic E-state index is 11.3. The molecule has 0 fully saturated rings. The molecule has 84 valence electrons. The van der Waals surface area contributed by atoms with Gasteiger partial charge in [-0.05, 0) is 13.3 Å². The van der Waals surface area contributed by atoms with Gasteiger partial charge in [-0.25, -0.2) is 0 Å². The van der Waals surface area contributed by atoms with E-state index in [0.29, 0.717) is 19.1 Å². The first-order valence-electron chi connectivity index (χ1n) is 5.49. The molecule has 3 heteroatoms. The van der Waals surface area contributed by atoms with Crippen LogP contribution in [0.2, 0.25) is 0 Å². The summed E-state index contributed by atoms with van der Waals surface area (Å²) in [5.74, 6) is 0.0934. The Kier molecular flexibility index (Phi) is 8.64. The Morgan fingerprint density at radius 3 is 2.71 bits per heavy atom. The summed E-state index contributed by atoms with van der Waals surface area (Å²) in [4.78, 5) is 11.3. The zero-order chi connectivity index (χ0) is 10.8. The number of carbonyl (C=O) groups is 1. The van der Waals surface area contributed by atoms with E-state index >= 15 is 0 Å². The molecular formula is C11H23NO2. The van der Waals surface area contributed by atoms with Gasteiger partial charge in [0.2, 0.25) is 5.91 Å². The standard InChI is InChI=1S/C11H23NO2/c1-4-5-6-7-10(2)12-11(13)8-9-14-3/h10H,4-9H2,1-3H3,(H,12,13)/t10-/m1/s1. The van der Waals surface area contributed by atoms with Crippen molar-refractivity contribution in [2.75, 3.05) is 13.7 Å². The molecule has 1 atom stereocenters. The Morgan fingerprint density at radius 2 is 2.14 bits per heavy atom. The van der Waals surface area contributed by atoms with Crippen molar-refractivity contribution < 1.29 is 9.53 Å². The maximum absolute atomic E-state index is 11.3. The third-order valence-corrected chi connectivity index (χ3v) is 2.18. The Morgan fingerprint density at radius 1 is 1.43 bits per heavy atom. The second-order valence-electron chi connectivity index (χ2n) is 3.71. The van der Waals surface area contributed by atoms with Gasteiger partial charge in [0.1, 0.15) is 0 Å². The molecule has 0 aromatic carbocycles. The van der Waals surface area contributed by atoms with Crippen molar-refractivity contribution in [3.8, 4) is 0 Å². The molecular weight excluding hydrogens is 178 g/mol. The third-order valence-electron chi connectivity index (χ3n) is 2.18. The van der Waals surface area contributed by atoms with Crippen LogP contribution >= 0.6 is 0 Å².